The fourth-order valence-corrected chi connectivity index (χ4v) is 4.01. The summed E-state index contributed by atoms with van der Waals surface area (Å²) in [6.45, 7) is 3.93. The maximum atomic E-state index is 5.83. The van der Waals surface area contributed by atoms with Crippen molar-refractivity contribution in [2.45, 2.75) is 25.8 Å². The number of thiophene rings is 1. The number of nitrogens with one attached hydrogen (secondary N) is 1. The van der Waals surface area contributed by atoms with Gasteiger partial charge in [0.15, 0.2) is 0 Å². The molecule has 1 unspecified atom stereocenters. The molecular weight excluding hydrogens is 334 g/mol. The Balaban J connectivity index is 1.89. The molecule has 1 aliphatic rings. The molecule has 2 aromatic rings. The molecule has 1 atom stereocenters. The molecule has 2 nitrogen and oxygen atoms in total. The normalized spacial score (nSPS) is 14.9. The molecule has 0 bridgehead atoms. The minimum atomic E-state index is 0.355. The Kier molecular flexibility index (Phi) is 4.44. The monoisotopic (exact) mass is 351 g/mol. The highest BCUT2D eigenvalue weighted by molar-refractivity contribution is 9.10. The Morgan fingerprint density at radius 1 is 1.45 bits per heavy atom. The minimum Gasteiger partial charge on any atom is -0.493 e. The lowest BCUT2D eigenvalue weighted by molar-refractivity contribution is 0.351. The average Bonchev–Trinajstić information content (AvgIpc) is 3.08. The highest BCUT2D eigenvalue weighted by Crippen LogP contribution is 2.35. The minimum absolute atomic E-state index is 0.355. The first-order valence-electron chi connectivity index (χ1n) is 6.97. The van der Waals surface area contributed by atoms with E-state index >= 15 is 0 Å². The van der Waals surface area contributed by atoms with Gasteiger partial charge in [0.1, 0.15) is 5.75 Å². The average molecular weight is 352 g/mol. The maximum Gasteiger partial charge on any atom is 0.125 e. The van der Waals surface area contributed by atoms with Crippen LogP contribution < -0.4 is 10.1 Å². The predicted octanol–water partition coefficient (Wildman–Crippen LogP) is 4.34. The van der Waals surface area contributed by atoms with Gasteiger partial charge in [0.05, 0.1) is 6.61 Å². The highest BCUT2D eigenvalue weighted by Gasteiger charge is 2.20. The molecule has 1 aromatic carbocycles. The highest BCUT2D eigenvalue weighted by atomic mass is 79.9. The van der Waals surface area contributed by atoms with Gasteiger partial charge in [-0.05, 0) is 58.6 Å². The van der Waals surface area contributed by atoms with Crippen LogP contribution in [-0.2, 0) is 12.8 Å². The first-order chi connectivity index (χ1) is 9.78. The second kappa shape index (κ2) is 6.29. The van der Waals surface area contributed by atoms with Crippen molar-refractivity contribution in [2.75, 3.05) is 13.2 Å². The molecule has 3 rings (SSSR count). The van der Waals surface area contributed by atoms with Crippen LogP contribution in [-0.4, -0.2) is 13.2 Å². The number of rotatable bonds is 5. The summed E-state index contributed by atoms with van der Waals surface area (Å²) in [5.41, 5.74) is 3.99. The molecule has 4 heteroatoms. The first-order valence-corrected chi connectivity index (χ1v) is 8.71. The molecule has 20 heavy (non-hydrogen) atoms. The SMILES string of the molecule is CCNC(Cc1cc(Br)cc2c1OCC2)c1ccsc1. The van der Waals surface area contributed by atoms with Gasteiger partial charge in [-0.1, -0.05) is 22.9 Å². The van der Waals surface area contributed by atoms with Gasteiger partial charge in [-0.3, -0.25) is 0 Å². The number of fused-ring (bicyclic) bond motifs is 1. The van der Waals surface area contributed by atoms with Crippen molar-refractivity contribution < 1.29 is 4.74 Å². The zero-order valence-corrected chi connectivity index (χ0v) is 13.9. The maximum absolute atomic E-state index is 5.83. The summed E-state index contributed by atoms with van der Waals surface area (Å²) in [6, 6.07) is 6.94. The van der Waals surface area contributed by atoms with E-state index in [-0.39, 0.29) is 0 Å². The van der Waals surface area contributed by atoms with E-state index < -0.39 is 0 Å². The molecular formula is C16H18BrNOS. The van der Waals surface area contributed by atoms with E-state index in [9.17, 15) is 0 Å². The van der Waals surface area contributed by atoms with Gasteiger partial charge < -0.3 is 10.1 Å². The molecule has 1 N–H and O–H groups in total. The van der Waals surface area contributed by atoms with Gasteiger partial charge in [-0.25, -0.2) is 0 Å². The van der Waals surface area contributed by atoms with Crippen LogP contribution >= 0.6 is 27.3 Å². The number of ether oxygens (including phenoxy) is 1. The number of hydrogen-bond donors (Lipinski definition) is 1. The summed E-state index contributed by atoms with van der Waals surface area (Å²) in [7, 11) is 0. The fraction of sp³-hybridized carbons (Fsp3) is 0.375. The molecule has 0 saturated heterocycles. The van der Waals surface area contributed by atoms with Gasteiger partial charge in [0.25, 0.3) is 0 Å². The van der Waals surface area contributed by atoms with Crippen molar-refractivity contribution in [3.8, 4) is 5.75 Å². The van der Waals surface area contributed by atoms with Crippen LogP contribution in [0.2, 0.25) is 0 Å². The number of likely N-dealkylation sites (N-methyl/N-ethyl adjacent to an activating group) is 1. The number of benzene rings is 1. The third-order valence-corrected chi connectivity index (χ3v) is 4.80. The quantitative estimate of drug-likeness (QED) is 0.864. The second-order valence-electron chi connectivity index (χ2n) is 5.02. The topological polar surface area (TPSA) is 21.3 Å². The summed E-state index contributed by atoms with van der Waals surface area (Å²) in [5.74, 6) is 1.10. The zero-order valence-electron chi connectivity index (χ0n) is 11.5. The summed E-state index contributed by atoms with van der Waals surface area (Å²) in [6.07, 6.45) is 1.98. The number of hydrogen-bond acceptors (Lipinski definition) is 3. The Morgan fingerprint density at radius 3 is 3.10 bits per heavy atom. The summed E-state index contributed by atoms with van der Waals surface area (Å²) < 4.78 is 6.99. The largest absolute Gasteiger partial charge is 0.493 e. The summed E-state index contributed by atoms with van der Waals surface area (Å²) in [4.78, 5) is 0. The molecule has 0 spiro atoms. The Labute approximate surface area is 132 Å². The third-order valence-electron chi connectivity index (χ3n) is 3.65. The molecule has 0 aliphatic carbocycles. The van der Waals surface area contributed by atoms with E-state index in [1.807, 2.05) is 0 Å². The van der Waals surface area contributed by atoms with Crippen molar-refractivity contribution in [3.63, 3.8) is 0 Å². The lowest BCUT2D eigenvalue weighted by Crippen LogP contribution is -2.22. The van der Waals surface area contributed by atoms with Crippen LogP contribution in [0.15, 0.2) is 33.4 Å². The summed E-state index contributed by atoms with van der Waals surface area (Å²) in [5, 5.41) is 7.95. The molecule has 0 amide bonds. The van der Waals surface area contributed by atoms with E-state index in [1.54, 1.807) is 11.3 Å². The van der Waals surface area contributed by atoms with Crippen LogP contribution in [0.5, 0.6) is 5.75 Å². The van der Waals surface area contributed by atoms with Gasteiger partial charge >= 0.3 is 0 Å². The second-order valence-corrected chi connectivity index (χ2v) is 6.72. The number of halogens is 1. The van der Waals surface area contributed by atoms with Crippen molar-refractivity contribution >= 4 is 27.3 Å². The van der Waals surface area contributed by atoms with Crippen molar-refractivity contribution in [3.05, 3.63) is 50.1 Å². The standard InChI is InChI=1S/C16H18BrNOS/c1-2-18-15(12-4-6-20-10-12)9-13-8-14(17)7-11-3-5-19-16(11)13/h4,6-8,10,15,18H,2-3,5,9H2,1H3. The third kappa shape index (κ3) is 2.92. The van der Waals surface area contributed by atoms with E-state index in [0.717, 1.165) is 36.2 Å². The van der Waals surface area contributed by atoms with Crippen LogP contribution in [0.4, 0.5) is 0 Å². The Morgan fingerprint density at radius 2 is 2.35 bits per heavy atom. The lowest BCUT2D eigenvalue weighted by Gasteiger charge is -2.19. The zero-order chi connectivity index (χ0) is 13.9. The summed E-state index contributed by atoms with van der Waals surface area (Å²) >= 11 is 5.37. The van der Waals surface area contributed by atoms with Crippen molar-refractivity contribution in [1.29, 1.82) is 0 Å². The van der Waals surface area contributed by atoms with Gasteiger partial charge in [-0.15, -0.1) is 0 Å². The molecule has 0 fully saturated rings. The molecule has 1 aliphatic heterocycles. The van der Waals surface area contributed by atoms with Crippen LogP contribution in [0.3, 0.4) is 0 Å². The Hall–Kier alpha value is -0.840. The molecule has 106 valence electrons. The van der Waals surface area contributed by atoms with E-state index in [0.29, 0.717) is 6.04 Å². The van der Waals surface area contributed by atoms with Crippen LogP contribution in [0, 0.1) is 0 Å². The van der Waals surface area contributed by atoms with Crippen LogP contribution in [0.25, 0.3) is 0 Å². The molecule has 0 saturated carbocycles. The van der Waals surface area contributed by atoms with Crippen molar-refractivity contribution in [2.24, 2.45) is 0 Å². The van der Waals surface area contributed by atoms with Crippen molar-refractivity contribution in [1.82, 2.24) is 5.32 Å². The molecule has 0 radical (unpaired) electrons. The smallest absolute Gasteiger partial charge is 0.125 e. The Bertz CT molecular complexity index is 582. The van der Waals surface area contributed by atoms with E-state index in [2.05, 4.69) is 57.1 Å². The predicted molar refractivity (Wildman–Crippen MR) is 87.8 cm³/mol. The fourth-order valence-electron chi connectivity index (χ4n) is 2.75. The van der Waals surface area contributed by atoms with E-state index in [1.165, 1.54) is 16.7 Å². The first kappa shape index (κ1) is 14.1. The molecule has 1 aromatic heterocycles. The van der Waals surface area contributed by atoms with Gasteiger partial charge in [0.2, 0.25) is 0 Å². The molecule has 2 heterocycles. The lowest BCUT2D eigenvalue weighted by atomic mass is 9.98. The van der Waals surface area contributed by atoms with E-state index in [4.69, 9.17) is 4.74 Å². The van der Waals surface area contributed by atoms with Gasteiger partial charge in [0, 0.05) is 16.9 Å². The van der Waals surface area contributed by atoms with Gasteiger partial charge in [-0.2, -0.15) is 11.3 Å². The van der Waals surface area contributed by atoms with Crippen LogP contribution in [0.1, 0.15) is 29.7 Å².